The number of rotatable bonds is 3. The van der Waals surface area contributed by atoms with Crippen molar-refractivity contribution < 1.29 is 22.3 Å². The van der Waals surface area contributed by atoms with Gasteiger partial charge in [0.2, 0.25) is 0 Å². The molecule has 0 unspecified atom stereocenters. The average molecular weight is 365 g/mol. The van der Waals surface area contributed by atoms with E-state index in [1.54, 1.807) is 0 Å². The SMILES string of the molecule is COc1ccc(F)c([C@@H](N2CCNCC2)C(F)(F)F)c1.Cl.Cl. The second-order valence-corrected chi connectivity index (χ2v) is 4.62. The predicted octanol–water partition coefficient (Wildman–Crippen LogP) is 3.19. The number of alkyl halides is 3. The average Bonchev–Trinajstić information content (AvgIpc) is 2.41. The molecule has 0 aromatic heterocycles. The van der Waals surface area contributed by atoms with Gasteiger partial charge in [0.1, 0.15) is 17.6 Å². The van der Waals surface area contributed by atoms with Crippen molar-refractivity contribution in [1.82, 2.24) is 10.2 Å². The number of nitrogens with zero attached hydrogens (tertiary/aromatic N) is 1. The molecule has 0 saturated carbocycles. The summed E-state index contributed by atoms with van der Waals surface area (Å²) in [5.74, 6) is -0.655. The van der Waals surface area contributed by atoms with Gasteiger partial charge >= 0.3 is 6.18 Å². The zero-order valence-corrected chi connectivity index (χ0v) is 13.5. The lowest BCUT2D eigenvalue weighted by molar-refractivity contribution is -0.188. The third-order valence-electron chi connectivity index (χ3n) is 3.32. The van der Waals surface area contributed by atoms with Gasteiger partial charge in [-0.1, -0.05) is 0 Å². The van der Waals surface area contributed by atoms with Gasteiger partial charge in [-0.15, -0.1) is 24.8 Å². The Morgan fingerprint density at radius 1 is 1.18 bits per heavy atom. The first-order valence-corrected chi connectivity index (χ1v) is 6.28. The van der Waals surface area contributed by atoms with Crippen LogP contribution in [0.2, 0.25) is 0 Å². The maximum atomic E-state index is 13.8. The third-order valence-corrected chi connectivity index (χ3v) is 3.32. The second-order valence-electron chi connectivity index (χ2n) is 4.62. The Bertz CT molecular complexity index is 468. The highest BCUT2D eigenvalue weighted by molar-refractivity contribution is 5.85. The topological polar surface area (TPSA) is 24.5 Å². The summed E-state index contributed by atoms with van der Waals surface area (Å²) in [4.78, 5) is 1.24. The number of methoxy groups -OCH3 is 1. The second kappa shape index (κ2) is 8.76. The first-order valence-electron chi connectivity index (χ1n) is 6.28. The first-order chi connectivity index (χ1) is 9.43. The van der Waals surface area contributed by atoms with E-state index in [-0.39, 0.29) is 43.7 Å². The Morgan fingerprint density at radius 3 is 2.27 bits per heavy atom. The van der Waals surface area contributed by atoms with Gasteiger partial charge in [-0.2, -0.15) is 13.2 Å². The van der Waals surface area contributed by atoms with Crippen molar-refractivity contribution in [3.05, 3.63) is 29.6 Å². The quantitative estimate of drug-likeness (QED) is 0.833. The van der Waals surface area contributed by atoms with Gasteiger partial charge in [-0.3, -0.25) is 4.90 Å². The molecular weight excluding hydrogens is 347 g/mol. The summed E-state index contributed by atoms with van der Waals surface area (Å²) in [6, 6.07) is 1.49. The van der Waals surface area contributed by atoms with Crippen LogP contribution in [0.1, 0.15) is 11.6 Å². The molecule has 1 heterocycles. The third kappa shape index (κ3) is 4.87. The number of halogens is 6. The maximum absolute atomic E-state index is 13.8. The normalized spacial score (nSPS) is 17.1. The largest absolute Gasteiger partial charge is 0.497 e. The lowest BCUT2D eigenvalue weighted by Gasteiger charge is -2.36. The summed E-state index contributed by atoms with van der Waals surface area (Å²) in [7, 11) is 1.34. The Balaban J connectivity index is 0.00000220. The van der Waals surface area contributed by atoms with Gasteiger partial charge in [0, 0.05) is 31.7 Å². The zero-order valence-electron chi connectivity index (χ0n) is 11.8. The molecule has 0 amide bonds. The summed E-state index contributed by atoms with van der Waals surface area (Å²) in [6.07, 6.45) is -4.54. The van der Waals surface area contributed by atoms with E-state index in [0.29, 0.717) is 13.1 Å². The molecule has 0 bridgehead atoms. The maximum Gasteiger partial charge on any atom is 0.408 e. The lowest BCUT2D eigenvalue weighted by atomic mass is 10.0. The smallest absolute Gasteiger partial charge is 0.408 e. The molecule has 1 aliphatic rings. The number of hydrogen-bond donors (Lipinski definition) is 1. The van der Waals surface area contributed by atoms with Gasteiger partial charge in [-0.05, 0) is 18.2 Å². The Kier molecular flexibility index (Phi) is 8.46. The molecule has 1 atom stereocenters. The van der Waals surface area contributed by atoms with E-state index in [9.17, 15) is 17.6 Å². The Labute approximate surface area is 138 Å². The number of hydrogen-bond acceptors (Lipinski definition) is 3. The molecule has 0 aliphatic carbocycles. The molecule has 1 aromatic rings. The summed E-state index contributed by atoms with van der Waals surface area (Å²) >= 11 is 0. The van der Waals surface area contributed by atoms with E-state index in [1.807, 2.05) is 0 Å². The van der Waals surface area contributed by atoms with E-state index in [0.717, 1.165) is 12.1 Å². The Hall–Kier alpha value is -0.760. The molecule has 0 spiro atoms. The summed E-state index contributed by atoms with van der Waals surface area (Å²) in [5, 5.41) is 2.98. The van der Waals surface area contributed by atoms with Crippen LogP contribution >= 0.6 is 24.8 Å². The lowest BCUT2D eigenvalue weighted by Crippen LogP contribution is -2.49. The van der Waals surface area contributed by atoms with E-state index < -0.39 is 23.6 Å². The highest BCUT2D eigenvalue weighted by atomic mass is 35.5. The minimum Gasteiger partial charge on any atom is -0.497 e. The number of nitrogens with one attached hydrogen (secondary N) is 1. The molecule has 22 heavy (non-hydrogen) atoms. The standard InChI is InChI=1S/C13H16F4N2O.2ClH/c1-20-9-2-3-11(14)10(8-9)12(13(15,16)17)19-6-4-18-5-7-19;;/h2-3,8,12,18H,4-7H2,1H3;2*1H/t12-;;/m1../s1. The molecule has 2 rings (SSSR count). The van der Waals surface area contributed by atoms with Crippen LogP contribution in [0.15, 0.2) is 18.2 Å². The fourth-order valence-corrected chi connectivity index (χ4v) is 2.38. The highest BCUT2D eigenvalue weighted by Crippen LogP contribution is 2.39. The van der Waals surface area contributed by atoms with Crippen molar-refractivity contribution in [2.75, 3.05) is 33.3 Å². The number of piperazine rings is 1. The van der Waals surface area contributed by atoms with E-state index >= 15 is 0 Å². The minimum absolute atomic E-state index is 0. The molecule has 128 valence electrons. The van der Waals surface area contributed by atoms with Gasteiger partial charge in [0.15, 0.2) is 0 Å². The molecule has 1 aliphatic heterocycles. The summed E-state index contributed by atoms with van der Waals surface area (Å²) < 4.78 is 58.7. The van der Waals surface area contributed by atoms with E-state index in [1.165, 1.54) is 18.1 Å². The molecule has 3 nitrogen and oxygen atoms in total. The molecule has 1 fully saturated rings. The highest BCUT2D eigenvalue weighted by Gasteiger charge is 2.46. The molecule has 0 radical (unpaired) electrons. The molecule has 1 saturated heterocycles. The molecule has 1 N–H and O–H groups in total. The number of ether oxygens (including phenoxy) is 1. The summed E-state index contributed by atoms with van der Waals surface area (Å²) in [6.45, 7) is 1.36. The van der Waals surface area contributed by atoms with Crippen LogP contribution in [-0.4, -0.2) is 44.4 Å². The monoisotopic (exact) mass is 364 g/mol. The minimum atomic E-state index is -4.54. The number of benzene rings is 1. The van der Waals surface area contributed by atoms with Crippen LogP contribution in [0, 0.1) is 5.82 Å². The van der Waals surface area contributed by atoms with Crippen LogP contribution in [0.25, 0.3) is 0 Å². The van der Waals surface area contributed by atoms with E-state index in [4.69, 9.17) is 4.74 Å². The predicted molar refractivity (Wildman–Crippen MR) is 80.7 cm³/mol. The van der Waals surface area contributed by atoms with Crippen LogP contribution in [0.4, 0.5) is 17.6 Å². The molecule has 9 heteroatoms. The van der Waals surface area contributed by atoms with Gasteiger partial charge in [-0.25, -0.2) is 4.39 Å². The van der Waals surface area contributed by atoms with Crippen molar-refractivity contribution in [2.45, 2.75) is 12.2 Å². The fraction of sp³-hybridized carbons (Fsp3) is 0.538. The van der Waals surface area contributed by atoms with Crippen molar-refractivity contribution in [1.29, 1.82) is 0 Å². The van der Waals surface area contributed by atoms with Crippen molar-refractivity contribution in [3.63, 3.8) is 0 Å². The van der Waals surface area contributed by atoms with Crippen LogP contribution < -0.4 is 10.1 Å². The van der Waals surface area contributed by atoms with Crippen LogP contribution in [0.3, 0.4) is 0 Å². The van der Waals surface area contributed by atoms with Crippen LogP contribution in [0.5, 0.6) is 5.75 Å². The van der Waals surface area contributed by atoms with Crippen LogP contribution in [-0.2, 0) is 0 Å². The van der Waals surface area contributed by atoms with Gasteiger partial charge in [0.25, 0.3) is 0 Å². The van der Waals surface area contributed by atoms with Crippen molar-refractivity contribution in [3.8, 4) is 5.75 Å². The van der Waals surface area contributed by atoms with Crippen molar-refractivity contribution in [2.24, 2.45) is 0 Å². The Morgan fingerprint density at radius 2 is 1.77 bits per heavy atom. The fourth-order valence-electron chi connectivity index (χ4n) is 2.38. The first kappa shape index (κ1) is 21.2. The molecule has 1 aromatic carbocycles. The zero-order chi connectivity index (χ0) is 14.8. The van der Waals surface area contributed by atoms with E-state index in [2.05, 4.69) is 5.32 Å². The van der Waals surface area contributed by atoms with Gasteiger partial charge < -0.3 is 10.1 Å². The summed E-state index contributed by atoms with van der Waals surface area (Å²) in [5.41, 5.74) is -0.390. The van der Waals surface area contributed by atoms with Gasteiger partial charge in [0.05, 0.1) is 7.11 Å². The molecular formula is C13H18Cl2F4N2O. The van der Waals surface area contributed by atoms with Crippen molar-refractivity contribution >= 4 is 24.8 Å².